The molecular weight excluding hydrogens is 285 g/mol. The van der Waals surface area contributed by atoms with Crippen molar-refractivity contribution >= 4 is 0 Å². The number of hydrogen-bond acceptors (Lipinski definition) is 1. The molecule has 1 nitrogen and oxygen atoms in total. The predicted octanol–water partition coefficient (Wildman–Crippen LogP) is 6.66. The van der Waals surface area contributed by atoms with Gasteiger partial charge in [0.1, 0.15) is 0 Å². The summed E-state index contributed by atoms with van der Waals surface area (Å²) in [5.41, 5.74) is 3.37. The Morgan fingerprint density at radius 1 is 0.957 bits per heavy atom. The Bertz CT molecular complexity index is 568. The zero-order chi connectivity index (χ0) is 18.0. The molecule has 1 aromatic carbocycles. The van der Waals surface area contributed by atoms with Gasteiger partial charge in [-0.2, -0.15) is 4.39 Å². The molecule has 0 aliphatic heterocycles. The van der Waals surface area contributed by atoms with Crippen LogP contribution < -0.4 is 0 Å². The van der Waals surface area contributed by atoms with E-state index in [0.717, 1.165) is 0 Å². The Kier molecular flexibility index (Phi) is 9.40. The third kappa shape index (κ3) is 7.40. The van der Waals surface area contributed by atoms with Crippen molar-refractivity contribution in [1.29, 1.82) is 0 Å². The minimum absolute atomic E-state index is 0.154. The van der Waals surface area contributed by atoms with E-state index >= 15 is 0 Å². The highest BCUT2D eigenvalue weighted by Gasteiger charge is 2.17. The molecule has 128 valence electrons. The van der Waals surface area contributed by atoms with E-state index in [-0.39, 0.29) is 11.4 Å². The Labute approximate surface area is 142 Å². The lowest BCUT2D eigenvalue weighted by molar-refractivity contribution is 0.499. The number of hydrogen-bond donors (Lipinski definition) is 0. The highest BCUT2D eigenvalue weighted by atomic mass is 19.1. The van der Waals surface area contributed by atoms with Crippen LogP contribution in [0.25, 0.3) is 0 Å². The second kappa shape index (κ2) is 10.1. The predicted molar refractivity (Wildman–Crippen MR) is 99.5 cm³/mol. The molecule has 1 aromatic heterocycles. The molecule has 0 amide bonds. The van der Waals surface area contributed by atoms with Gasteiger partial charge in [0.15, 0.2) is 0 Å². The average molecular weight is 317 g/mol. The van der Waals surface area contributed by atoms with Crippen LogP contribution >= 0.6 is 0 Å². The number of halogens is 1. The van der Waals surface area contributed by atoms with Gasteiger partial charge in [0.2, 0.25) is 5.95 Å². The van der Waals surface area contributed by atoms with E-state index in [0.29, 0.717) is 11.5 Å². The quantitative estimate of drug-likeness (QED) is 0.536. The molecule has 2 heteroatoms. The molecule has 2 rings (SSSR count). The topological polar surface area (TPSA) is 12.9 Å². The maximum Gasteiger partial charge on any atom is 0.216 e. The molecule has 0 spiro atoms. The zero-order valence-corrected chi connectivity index (χ0v) is 15.9. The summed E-state index contributed by atoms with van der Waals surface area (Å²) in [6, 6.07) is 12.1. The molecule has 1 heterocycles. The monoisotopic (exact) mass is 317 g/mol. The fraction of sp³-hybridized carbons (Fsp3) is 0.476. The van der Waals surface area contributed by atoms with Crippen molar-refractivity contribution in [3.63, 3.8) is 0 Å². The van der Waals surface area contributed by atoms with Crippen LogP contribution in [0.4, 0.5) is 4.39 Å². The molecule has 0 aliphatic rings. The van der Waals surface area contributed by atoms with Crippen molar-refractivity contribution < 1.29 is 4.39 Å². The molecule has 23 heavy (non-hydrogen) atoms. The van der Waals surface area contributed by atoms with Gasteiger partial charge in [0.05, 0.1) is 0 Å². The maximum atomic E-state index is 13.0. The van der Waals surface area contributed by atoms with Gasteiger partial charge in [-0.15, -0.1) is 0 Å². The zero-order valence-electron chi connectivity index (χ0n) is 15.9. The van der Waals surface area contributed by atoms with E-state index in [9.17, 15) is 4.39 Å². The summed E-state index contributed by atoms with van der Waals surface area (Å²) in [5.74, 6) is 0.293. The summed E-state index contributed by atoms with van der Waals surface area (Å²) in [7, 11) is 0. The van der Waals surface area contributed by atoms with Gasteiger partial charge in [0.25, 0.3) is 0 Å². The Morgan fingerprint density at radius 2 is 1.52 bits per heavy atom. The van der Waals surface area contributed by atoms with Crippen molar-refractivity contribution in [2.75, 3.05) is 0 Å². The molecule has 0 aliphatic carbocycles. The van der Waals surface area contributed by atoms with Crippen LogP contribution in [-0.4, -0.2) is 4.98 Å². The van der Waals surface area contributed by atoms with E-state index in [4.69, 9.17) is 0 Å². The van der Waals surface area contributed by atoms with Crippen molar-refractivity contribution in [3.8, 4) is 0 Å². The first-order valence-electron chi connectivity index (χ1n) is 8.40. The van der Waals surface area contributed by atoms with Crippen molar-refractivity contribution in [2.45, 2.75) is 66.7 Å². The fourth-order valence-electron chi connectivity index (χ4n) is 2.18. The second-order valence-corrected chi connectivity index (χ2v) is 6.60. The van der Waals surface area contributed by atoms with Gasteiger partial charge >= 0.3 is 0 Å². The van der Waals surface area contributed by atoms with Crippen LogP contribution in [0.5, 0.6) is 0 Å². The molecular formula is C21H32FN. The average Bonchev–Trinajstić information content (AvgIpc) is 2.49. The van der Waals surface area contributed by atoms with E-state index in [1.807, 2.05) is 34.6 Å². The van der Waals surface area contributed by atoms with Crippen LogP contribution in [0.2, 0.25) is 0 Å². The van der Waals surface area contributed by atoms with E-state index in [1.54, 1.807) is 12.1 Å². The second-order valence-electron chi connectivity index (χ2n) is 6.60. The van der Waals surface area contributed by atoms with Gasteiger partial charge in [-0.25, -0.2) is 4.98 Å². The molecule has 2 aromatic rings. The first-order valence-corrected chi connectivity index (χ1v) is 8.40. The number of aryl methyl sites for hydroxylation is 1. The largest absolute Gasteiger partial charge is 0.228 e. The van der Waals surface area contributed by atoms with Gasteiger partial charge in [-0.1, -0.05) is 78.8 Å². The van der Waals surface area contributed by atoms with Crippen molar-refractivity contribution in [2.24, 2.45) is 0 Å². The normalized spacial score (nSPS) is 10.3. The van der Waals surface area contributed by atoms with Crippen molar-refractivity contribution in [3.05, 3.63) is 65.2 Å². The molecule has 0 saturated carbocycles. The number of nitrogens with zero attached hydrogens (tertiary/aromatic N) is 1. The summed E-state index contributed by atoms with van der Waals surface area (Å²) < 4.78 is 13.0. The summed E-state index contributed by atoms with van der Waals surface area (Å²) >= 11 is 0. The number of rotatable bonds is 1. The van der Waals surface area contributed by atoms with Crippen LogP contribution in [0.1, 0.15) is 71.1 Å². The van der Waals surface area contributed by atoms with Gasteiger partial charge in [-0.3, -0.25) is 0 Å². The minimum Gasteiger partial charge on any atom is -0.228 e. The Morgan fingerprint density at radius 3 is 1.87 bits per heavy atom. The first-order chi connectivity index (χ1) is 10.7. The SMILES string of the molecule is CC.CC(C)(C)c1cccnc1F.Cc1ccccc1C(C)C. The Hall–Kier alpha value is -1.70. The standard InChI is InChI=1S/C10H14.C9H12FN.C2H6/c1-8(2)10-7-5-4-6-9(10)3;1-9(2,3)7-5-4-6-11-8(7)10;1-2/h4-8H,1-3H3;4-6H,1-3H3;1-2H3. The number of pyridine rings is 1. The maximum absolute atomic E-state index is 13.0. The van der Waals surface area contributed by atoms with Crippen LogP contribution in [0.15, 0.2) is 42.6 Å². The number of benzene rings is 1. The molecule has 0 fully saturated rings. The molecule has 0 saturated heterocycles. The van der Waals surface area contributed by atoms with Gasteiger partial charge in [-0.05, 0) is 35.4 Å². The Balaban J connectivity index is 0.000000381. The summed E-state index contributed by atoms with van der Waals surface area (Å²) in [4.78, 5) is 3.58. The molecule has 0 atom stereocenters. The lowest BCUT2D eigenvalue weighted by atomic mass is 9.88. The highest BCUT2D eigenvalue weighted by Crippen LogP contribution is 2.22. The fourth-order valence-corrected chi connectivity index (χ4v) is 2.18. The van der Waals surface area contributed by atoms with E-state index < -0.39 is 0 Å². The lowest BCUT2D eigenvalue weighted by Crippen LogP contribution is -2.14. The lowest BCUT2D eigenvalue weighted by Gasteiger charge is -2.18. The molecule has 0 radical (unpaired) electrons. The number of aromatic nitrogens is 1. The molecule has 0 unspecified atom stereocenters. The van der Waals surface area contributed by atoms with Crippen LogP contribution in [-0.2, 0) is 5.41 Å². The van der Waals surface area contributed by atoms with E-state index in [1.165, 1.54) is 17.3 Å². The summed E-state index contributed by atoms with van der Waals surface area (Å²) in [5, 5.41) is 0. The van der Waals surface area contributed by atoms with Gasteiger partial charge < -0.3 is 0 Å². The molecule has 0 N–H and O–H groups in total. The minimum atomic E-state index is -0.361. The van der Waals surface area contributed by atoms with Crippen molar-refractivity contribution in [1.82, 2.24) is 4.98 Å². The highest BCUT2D eigenvalue weighted by molar-refractivity contribution is 5.27. The summed E-state index contributed by atoms with van der Waals surface area (Å²) in [6.45, 7) is 16.5. The van der Waals surface area contributed by atoms with Crippen LogP contribution in [0, 0.1) is 12.9 Å². The smallest absolute Gasteiger partial charge is 0.216 e. The van der Waals surface area contributed by atoms with Gasteiger partial charge in [0, 0.05) is 11.8 Å². The third-order valence-corrected chi connectivity index (χ3v) is 3.38. The third-order valence-electron chi connectivity index (χ3n) is 3.38. The van der Waals surface area contributed by atoms with E-state index in [2.05, 4.69) is 50.0 Å². The summed E-state index contributed by atoms with van der Waals surface area (Å²) in [6.07, 6.45) is 1.46. The first kappa shape index (κ1) is 21.3. The molecule has 0 bridgehead atoms. The van der Waals surface area contributed by atoms with Crippen LogP contribution in [0.3, 0.4) is 0 Å².